The van der Waals surface area contributed by atoms with Crippen LogP contribution in [0.5, 0.6) is 0 Å². The molecule has 0 amide bonds. The lowest BCUT2D eigenvalue weighted by molar-refractivity contribution is 0.277. The Bertz CT molecular complexity index is 247. The van der Waals surface area contributed by atoms with Crippen molar-refractivity contribution in [1.29, 1.82) is 0 Å². The monoisotopic (exact) mass is 284 g/mol. The Morgan fingerprint density at radius 3 is 2.68 bits per heavy atom. The van der Waals surface area contributed by atoms with Gasteiger partial charge in [0, 0.05) is 17.3 Å². The van der Waals surface area contributed by atoms with Crippen LogP contribution in [0, 0.1) is 0 Å². The fraction of sp³-hybridized carbons (Fsp3) is 1.00. The molecular weight excluding hydrogens is 252 g/mol. The minimum absolute atomic E-state index is 0.785. The van der Waals surface area contributed by atoms with Crippen molar-refractivity contribution >= 4 is 11.8 Å². The Morgan fingerprint density at radius 1 is 1.05 bits per heavy atom. The van der Waals surface area contributed by atoms with E-state index in [4.69, 9.17) is 0 Å². The van der Waals surface area contributed by atoms with Gasteiger partial charge < -0.3 is 10.2 Å². The lowest BCUT2D eigenvalue weighted by Crippen LogP contribution is -2.42. The van der Waals surface area contributed by atoms with E-state index in [-0.39, 0.29) is 0 Å². The fourth-order valence-corrected chi connectivity index (χ4v) is 4.53. The first-order valence-electron chi connectivity index (χ1n) is 8.33. The summed E-state index contributed by atoms with van der Waals surface area (Å²) < 4.78 is 0. The average Bonchev–Trinajstić information content (AvgIpc) is 2.65. The van der Waals surface area contributed by atoms with Crippen molar-refractivity contribution in [2.24, 2.45) is 0 Å². The summed E-state index contributed by atoms with van der Waals surface area (Å²) in [7, 11) is 0. The van der Waals surface area contributed by atoms with Gasteiger partial charge in [0.1, 0.15) is 0 Å². The Kier molecular flexibility index (Phi) is 7.03. The summed E-state index contributed by atoms with van der Waals surface area (Å²) >= 11 is 2.07. The molecule has 2 aliphatic rings. The summed E-state index contributed by atoms with van der Waals surface area (Å²) in [6, 6.07) is 1.58. The number of hydrogen-bond acceptors (Lipinski definition) is 3. The van der Waals surface area contributed by atoms with Crippen LogP contribution in [0.1, 0.15) is 58.3 Å². The molecule has 1 aliphatic heterocycles. The van der Waals surface area contributed by atoms with Gasteiger partial charge in [-0.15, -0.1) is 0 Å². The zero-order valence-electron chi connectivity index (χ0n) is 12.9. The van der Waals surface area contributed by atoms with E-state index in [2.05, 4.69) is 35.2 Å². The number of nitrogens with one attached hydrogen (secondary N) is 1. The van der Waals surface area contributed by atoms with E-state index in [0.717, 1.165) is 17.3 Å². The Labute approximate surface area is 124 Å². The lowest BCUT2D eigenvalue weighted by Gasteiger charge is -2.32. The molecule has 0 bridgehead atoms. The molecule has 0 aromatic rings. The standard InChI is InChI=1S/C16H32N2S/c1-3-10-18-11-5-7-14(9-12-18)17-15-6-4-8-16(13-15)19-2/h14-17H,3-13H2,1-2H3. The van der Waals surface area contributed by atoms with E-state index in [1.807, 2.05) is 0 Å². The van der Waals surface area contributed by atoms with Gasteiger partial charge in [-0.05, 0) is 70.8 Å². The van der Waals surface area contributed by atoms with Gasteiger partial charge in [-0.3, -0.25) is 0 Å². The second-order valence-electron chi connectivity index (χ2n) is 6.36. The van der Waals surface area contributed by atoms with Crippen LogP contribution in [0.3, 0.4) is 0 Å². The van der Waals surface area contributed by atoms with Gasteiger partial charge in [0.05, 0.1) is 0 Å². The van der Waals surface area contributed by atoms with E-state index >= 15 is 0 Å². The highest BCUT2D eigenvalue weighted by Crippen LogP contribution is 2.27. The number of hydrogen-bond donors (Lipinski definition) is 1. The Morgan fingerprint density at radius 2 is 1.89 bits per heavy atom. The second-order valence-corrected chi connectivity index (χ2v) is 7.50. The molecule has 1 saturated heterocycles. The van der Waals surface area contributed by atoms with Gasteiger partial charge in [0.2, 0.25) is 0 Å². The molecule has 1 N–H and O–H groups in total. The summed E-state index contributed by atoms with van der Waals surface area (Å²) in [6.45, 7) is 6.23. The van der Waals surface area contributed by atoms with E-state index in [1.54, 1.807) is 0 Å². The third-order valence-corrected chi connectivity index (χ3v) is 5.89. The van der Waals surface area contributed by atoms with Crippen LogP contribution in [0.25, 0.3) is 0 Å². The summed E-state index contributed by atoms with van der Waals surface area (Å²) in [5.41, 5.74) is 0. The molecular formula is C16H32N2S. The quantitative estimate of drug-likeness (QED) is 0.831. The van der Waals surface area contributed by atoms with Crippen molar-refractivity contribution in [3.63, 3.8) is 0 Å². The maximum Gasteiger partial charge on any atom is 0.00823 e. The minimum Gasteiger partial charge on any atom is -0.311 e. The van der Waals surface area contributed by atoms with Gasteiger partial charge in [-0.25, -0.2) is 0 Å². The van der Waals surface area contributed by atoms with Crippen LogP contribution in [-0.2, 0) is 0 Å². The van der Waals surface area contributed by atoms with E-state index in [0.29, 0.717) is 0 Å². The highest BCUT2D eigenvalue weighted by atomic mass is 32.2. The minimum atomic E-state index is 0.785. The number of thioether (sulfide) groups is 1. The van der Waals surface area contributed by atoms with E-state index in [9.17, 15) is 0 Å². The van der Waals surface area contributed by atoms with Crippen LogP contribution in [0.4, 0.5) is 0 Å². The SMILES string of the molecule is CCCN1CCCC(NC2CCCC(SC)C2)CC1. The molecule has 0 aromatic heterocycles. The largest absolute Gasteiger partial charge is 0.311 e. The summed E-state index contributed by atoms with van der Waals surface area (Å²) in [6.07, 6.45) is 13.4. The van der Waals surface area contributed by atoms with Gasteiger partial charge in [0.15, 0.2) is 0 Å². The van der Waals surface area contributed by atoms with Crippen molar-refractivity contribution in [3.05, 3.63) is 0 Å². The molecule has 19 heavy (non-hydrogen) atoms. The van der Waals surface area contributed by atoms with Crippen molar-refractivity contribution in [1.82, 2.24) is 10.2 Å². The predicted octanol–water partition coefficient (Wildman–Crippen LogP) is 3.51. The van der Waals surface area contributed by atoms with Gasteiger partial charge >= 0.3 is 0 Å². The third kappa shape index (κ3) is 5.28. The molecule has 0 aromatic carbocycles. The van der Waals surface area contributed by atoms with Crippen LogP contribution >= 0.6 is 11.8 Å². The molecule has 2 nitrogen and oxygen atoms in total. The van der Waals surface area contributed by atoms with E-state index in [1.165, 1.54) is 71.0 Å². The first-order valence-corrected chi connectivity index (χ1v) is 9.61. The van der Waals surface area contributed by atoms with E-state index < -0.39 is 0 Å². The van der Waals surface area contributed by atoms with Crippen LogP contribution in [-0.4, -0.2) is 48.1 Å². The molecule has 1 saturated carbocycles. The second kappa shape index (κ2) is 8.53. The fourth-order valence-electron chi connectivity index (χ4n) is 3.71. The van der Waals surface area contributed by atoms with Crippen LogP contribution in [0.15, 0.2) is 0 Å². The van der Waals surface area contributed by atoms with Gasteiger partial charge in [0.25, 0.3) is 0 Å². The van der Waals surface area contributed by atoms with Crippen LogP contribution < -0.4 is 5.32 Å². The molecule has 0 radical (unpaired) electrons. The zero-order valence-corrected chi connectivity index (χ0v) is 13.7. The zero-order chi connectivity index (χ0) is 13.5. The molecule has 1 aliphatic carbocycles. The number of rotatable bonds is 5. The Hall–Kier alpha value is 0.270. The van der Waals surface area contributed by atoms with Crippen molar-refractivity contribution in [2.75, 3.05) is 25.9 Å². The number of nitrogens with zero attached hydrogens (tertiary/aromatic N) is 1. The topological polar surface area (TPSA) is 15.3 Å². The third-order valence-electron chi connectivity index (χ3n) is 4.79. The summed E-state index contributed by atoms with van der Waals surface area (Å²) in [4.78, 5) is 2.66. The Balaban J connectivity index is 1.73. The highest BCUT2D eigenvalue weighted by molar-refractivity contribution is 7.99. The van der Waals surface area contributed by atoms with Gasteiger partial charge in [-0.1, -0.05) is 13.3 Å². The summed E-state index contributed by atoms with van der Waals surface area (Å²) in [5.74, 6) is 0. The van der Waals surface area contributed by atoms with Crippen molar-refractivity contribution in [2.45, 2.75) is 75.6 Å². The van der Waals surface area contributed by atoms with Crippen LogP contribution in [0.2, 0.25) is 0 Å². The molecule has 2 rings (SSSR count). The molecule has 112 valence electrons. The summed E-state index contributed by atoms with van der Waals surface area (Å²) in [5, 5.41) is 4.90. The molecule has 3 heteroatoms. The lowest BCUT2D eigenvalue weighted by atomic mass is 9.93. The number of likely N-dealkylation sites (tertiary alicyclic amines) is 1. The maximum atomic E-state index is 3.98. The molecule has 3 atom stereocenters. The predicted molar refractivity (Wildman–Crippen MR) is 87.1 cm³/mol. The molecule has 0 spiro atoms. The first kappa shape index (κ1) is 15.7. The molecule has 2 fully saturated rings. The van der Waals surface area contributed by atoms with Crippen molar-refractivity contribution < 1.29 is 0 Å². The average molecular weight is 285 g/mol. The molecule has 3 unspecified atom stereocenters. The maximum absolute atomic E-state index is 3.98. The van der Waals surface area contributed by atoms with Gasteiger partial charge in [-0.2, -0.15) is 11.8 Å². The first-order chi connectivity index (χ1) is 9.31. The van der Waals surface area contributed by atoms with Crippen molar-refractivity contribution in [3.8, 4) is 0 Å². The smallest absolute Gasteiger partial charge is 0.00823 e. The normalized spacial score (nSPS) is 34.1. The molecule has 1 heterocycles. The highest BCUT2D eigenvalue weighted by Gasteiger charge is 2.24.